The van der Waals surface area contributed by atoms with Crippen molar-refractivity contribution < 1.29 is 0 Å². The molecular formula is C17H29N3. The van der Waals surface area contributed by atoms with Gasteiger partial charge in [-0.2, -0.15) is 0 Å². The molecule has 1 aromatic rings. The average Bonchev–Trinajstić information content (AvgIpc) is 2.42. The van der Waals surface area contributed by atoms with Crippen LogP contribution >= 0.6 is 0 Å². The number of nitrogens with one attached hydrogen (secondary N) is 1. The molecule has 112 valence electrons. The Morgan fingerprint density at radius 2 is 2.20 bits per heavy atom. The van der Waals surface area contributed by atoms with Gasteiger partial charge in [0.15, 0.2) is 0 Å². The van der Waals surface area contributed by atoms with Gasteiger partial charge in [0.2, 0.25) is 0 Å². The highest BCUT2D eigenvalue weighted by molar-refractivity contribution is 5.10. The normalized spacial score (nSPS) is 27.7. The van der Waals surface area contributed by atoms with Crippen LogP contribution in [0.15, 0.2) is 18.2 Å². The van der Waals surface area contributed by atoms with Crippen LogP contribution in [0.1, 0.15) is 51.4 Å². The summed E-state index contributed by atoms with van der Waals surface area (Å²) in [5.41, 5.74) is 2.56. The predicted molar refractivity (Wildman–Crippen MR) is 84.8 cm³/mol. The highest BCUT2D eigenvalue weighted by Crippen LogP contribution is 2.22. The quantitative estimate of drug-likeness (QED) is 0.895. The van der Waals surface area contributed by atoms with Crippen molar-refractivity contribution in [2.75, 3.05) is 13.1 Å². The molecule has 1 aliphatic rings. The number of aromatic nitrogens is 1. The number of hydrogen-bond acceptors (Lipinski definition) is 3. The molecule has 0 bridgehead atoms. The Balaban J connectivity index is 2.10. The van der Waals surface area contributed by atoms with Crippen molar-refractivity contribution in [3.63, 3.8) is 0 Å². The Morgan fingerprint density at radius 1 is 1.40 bits per heavy atom. The molecule has 1 saturated heterocycles. The average molecular weight is 275 g/mol. The third-order valence-electron chi connectivity index (χ3n) is 4.55. The van der Waals surface area contributed by atoms with Gasteiger partial charge in [-0.15, -0.1) is 0 Å². The standard InChI is InChI=1S/C17H29N3/c1-5-8-16-11-18-17(4,6-2)13-20(16)12-15-10-7-9-14(3)19-15/h7,9-10,16,18H,5-6,8,11-13H2,1-4H3. The Hall–Kier alpha value is -0.930. The Bertz CT molecular complexity index is 432. The second-order valence-corrected chi connectivity index (χ2v) is 6.41. The van der Waals surface area contributed by atoms with Crippen LogP contribution in [0.25, 0.3) is 0 Å². The molecule has 1 aromatic heterocycles. The van der Waals surface area contributed by atoms with Crippen molar-refractivity contribution in [3.05, 3.63) is 29.6 Å². The molecule has 0 saturated carbocycles. The molecule has 0 aliphatic carbocycles. The summed E-state index contributed by atoms with van der Waals surface area (Å²) >= 11 is 0. The van der Waals surface area contributed by atoms with Gasteiger partial charge in [0, 0.05) is 36.9 Å². The second kappa shape index (κ2) is 6.68. The predicted octanol–water partition coefficient (Wildman–Crippen LogP) is 3.13. The third kappa shape index (κ3) is 3.80. The Kier molecular flexibility index (Phi) is 5.17. The van der Waals surface area contributed by atoms with Crippen LogP contribution < -0.4 is 5.32 Å². The first-order chi connectivity index (χ1) is 9.56. The van der Waals surface area contributed by atoms with E-state index in [4.69, 9.17) is 0 Å². The largest absolute Gasteiger partial charge is 0.309 e. The van der Waals surface area contributed by atoms with E-state index in [-0.39, 0.29) is 5.54 Å². The second-order valence-electron chi connectivity index (χ2n) is 6.41. The molecule has 0 spiro atoms. The van der Waals surface area contributed by atoms with Gasteiger partial charge in [0.05, 0.1) is 5.69 Å². The Morgan fingerprint density at radius 3 is 2.85 bits per heavy atom. The van der Waals surface area contributed by atoms with Crippen LogP contribution in [-0.2, 0) is 6.54 Å². The van der Waals surface area contributed by atoms with E-state index in [1.54, 1.807) is 0 Å². The monoisotopic (exact) mass is 275 g/mol. The molecular weight excluding hydrogens is 246 g/mol. The summed E-state index contributed by atoms with van der Waals surface area (Å²) < 4.78 is 0. The van der Waals surface area contributed by atoms with E-state index in [0.29, 0.717) is 6.04 Å². The smallest absolute Gasteiger partial charge is 0.0547 e. The fourth-order valence-corrected chi connectivity index (χ4v) is 3.06. The molecule has 0 aromatic carbocycles. The van der Waals surface area contributed by atoms with Crippen molar-refractivity contribution in [1.29, 1.82) is 0 Å². The van der Waals surface area contributed by atoms with Crippen LogP contribution in [-0.4, -0.2) is 34.6 Å². The zero-order valence-corrected chi connectivity index (χ0v) is 13.4. The van der Waals surface area contributed by atoms with E-state index in [1.165, 1.54) is 25.0 Å². The molecule has 1 fully saturated rings. The highest BCUT2D eigenvalue weighted by atomic mass is 15.3. The molecule has 20 heavy (non-hydrogen) atoms. The molecule has 2 unspecified atom stereocenters. The van der Waals surface area contributed by atoms with Crippen molar-refractivity contribution in [2.24, 2.45) is 0 Å². The van der Waals surface area contributed by atoms with Gasteiger partial charge >= 0.3 is 0 Å². The lowest BCUT2D eigenvalue weighted by atomic mass is 9.92. The van der Waals surface area contributed by atoms with E-state index in [2.05, 4.69) is 61.1 Å². The van der Waals surface area contributed by atoms with Gasteiger partial charge in [-0.1, -0.05) is 26.3 Å². The van der Waals surface area contributed by atoms with Crippen LogP contribution in [0, 0.1) is 6.92 Å². The fourth-order valence-electron chi connectivity index (χ4n) is 3.06. The molecule has 2 rings (SSSR count). The lowest BCUT2D eigenvalue weighted by Gasteiger charge is -2.46. The van der Waals surface area contributed by atoms with Crippen LogP contribution in [0.5, 0.6) is 0 Å². The minimum absolute atomic E-state index is 0.244. The Labute approximate surface area is 123 Å². The zero-order chi connectivity index (χ0) is 14.6. The van der Waals surface area contributed by atoms with Crippen molar-refractivity contribution in [2.45, 2.75) is 65.1 Å². The van der Waals surface area contributed by atoms with Gasteiger partial charge in [0.25, 0.3) is 0 Å². The first-order valence-corrected chi connectivity index (χ1v) is 7.98. The number of hydrogen-bond donors (Lipinski definition) is 1. The topological polar surface area (TPSA) is 28.2 Å². The van der Waals surface area contributed by atoms with Crippen LogP contribution in [0.2, 0.25) is 0 Å². The van der Waals surface area contributed by atoms with Crippen LogP contribution in [0.3, 0.4) is 0 Å². The summed E-state index contributed by atoms with van der Waals surface area (Å²) in [5, 5.41) is 3.75. The van der Waals surface area contributed by atoms with E-state index in [0.717, 1.165) is 25.3 Å². The molecule has 2 heterocycles. The molecule has 3 heteroatoms. The summed E-state index contributed by atoms with van der Waals surface area (Å²) in [6, 6.07) is 6.98. The summed E-state index contributed by atoms with van der Waals surface area (Å²) in [6.07, 6.45) is 3.68. The molecule has 0 amide bonds. The summed E-state index contributed by atoms with van der Waals surface area (Å²) in [5.74, 6) is 0. The van der Waals surface area contributed by atoms with Gasteiger partial charge in [-0.25, -0.2) is 0 Å². The summed E-state index contributed by atoms with van der Waals surface area (Å²) in [7, 11) is 0. The van der Waals surface area contributed by atoms with Crippen molar-refractivity contribution in [3.8, 4) is 0 Å². The van der Waals surface area contributed by atoms with Gasteiger partial charge in [-0.05, 0) is 38.8 Å². The first-order valence-electron chi connectivity index (χ1n) is 7.98. The minimum Gasteiger partial charge on any atom is -0.309 e. The summed E-state index contributed by atoms with van der Waals surface area (Å²) in [6.45, 7) is 12.1. The fraction of sp³-hybridized carbons (Fsp3) is 0.706. The van der Waals surface area contributed by atoms with E-state index < -0.39 is 0 Å². The molecule has 1 N–H and O–H groups in total. The lowest BCUT2D eigenvalue weighted by Crippen LogP contribution is -2.62. The molecule has 3 nitrogen and oxygen atoms in total. The third-order valence-corrected chi connectivity index (χ3v) is 4.55. The number of aryl methyl sites for hydroxylation is 1. The maximum Gasteiger partial charge on any atom is 0.0547 e. The van der Waals surface area contributed by atoms with E-state index >= 15 is 0 Å². The first kappa shape index (κ1) is 15.5. The number of nitrogens with zero attached hydrogens (tertiary/aromatic N) is 2. The maximum atomic E-state index is 4.67. The van der Waals surface area contributed by atoms with Crippen LogP contribution in [0.4, 0.5) is 0 Å². The highest BCUT2D eigenvalue weighted by Gasteiger charge is 2.34. The van der Waals surface area contributed by atoms with Crippen molar-refractivity contribution in [1.82, 2.24) is 15.2 Å². The van der Waals surface area contributed by atoms with Gasteiger partial charge in [0.1, 0.15) is 0 Å². The molecule has 1 aliphatic heterocycles. The minimum atomic E-state index is 0.244. The van der Waals surface area contributed by atoms with E-state index in [9.17, 15) is 0 Å². The van der Waals surface area contributed by atoms with Gasteiger partial charge in [-0.3, -0.25) is 9.88 Å². The van der Waals surface area contributed by atoms with E-state index in [1.807, 2.05) is 0 Å². The van der Waals surface area contributed by atoms with Crippen molar-refractivity contribution >= 4 is 0 Å². The number of pyridine rings is 1. The summed E-state index contributed by atoms with van der Waals surface area (Å²) in [4.78, 5) is 7.30. The molecule has 0 radical (unpaired) electrons. The number of rotatable bonds is 5. The SMILES string of the molecule is CCCC1CNC(C)(CC)CN1Cc1cccc(C)n1. The zero-order valence-electron chi connectivity index (χ0n) is 13.4. The maximum absolute atomic E-state index is 4.67. The van der Waals surface area contributed by atoms with Gasteiger partial charge < -0.3 is 5.32 Å². The lowest BCUT2D eigenvalue weighted by molar-refractivity contribution is 0.0715. The number of piperazine rings is 1. The molecule has 2 atom stereocenters.